The van der Waals surface area contributed by atoms with E-state index in [0.717, 1.165) is 43.2 Å². The van der Waals surface area contributed by atoms with Crippen molar-refractivity contribution in [2.24, 2.45) is 0 Å². The molecule has 4 N–H and O–H groups in total. The molecule has 0 spiro atoms. The molecule has 296 valence electrons. The van der Waals surface area contributed by atoms with E-state index in [1.807, 2.05) is 42.5 Å². The first-order chi connectivity index (χ1) is 25.9. The molecule has 0 heterocycles. The number of hydrogen-bond acceptors (Lipinski definition) is 4. The first-order valence-corrected chi connectivity index (χ1v) is 21.2. The van der Waals surface area contributed by atoms with Crippen LogP contribution in [0.4, 0.5) is 0 Å². The minimum Gasteiger partial charge on any atom is -0.356 e. The summed E-state index contributed by atoms with van der Waals surface area (Å²) in [4.78, 5) is 51.5. The maximum absolute atomic E-state index is 13.2. The van der Waals surface area contributed by atoms with Gasteiger partial charge in [0.25, 0.3) is 5.91 Å². The molecule has 0 bridgehead atoms. The van der Waals surface area contributed by atoms with E-state index in [-0.39, 0.29) is 49.4 Å². The molecule has 4 amide bonds. The van der Waals surface area contributed by atoms with E-state index in [1.54, 1.807) is 12.1 Å². The Balaban J connectivity index is 1.74. The van der Waals surface area contributed by atoms with Gasteiger partial charge in [-0.3, -0.25) is 19.2 Å². The normalized spacial score (nSPS) is 11.5. The van der Waals surface area contributed by atoms with Gasteiger partial charge in [0, 0.05) is 38.0 Å². The molecule has 0 aliphatic rings. The van der Waals surface area contributed by atoms with E-state index in [2.05, 4.69) is 35.1 Å². The highest BCUT2D eigenvalue weighted by molar-refractivity contribution is 5.95. The number of carbonyl (C=O) groups is 4. The van der Waals surface area contributed by atoms with Gasteiger partial charge in [-0.15, -0.1) is 0 Å². The number of hydrogen-bond donors (Lipinski definition) is 4. The molecule has 0 aromatic heterocycles. The fraction of sp³-hybridized carbons (Fsp3) is 0.644. The summed E-state index contributed by atoms with van der Waals surface area (Å²) < 4.78 is 0. The highest BCUT2D eigenvalue weighted by atomic mass is 16.2. The fourth-order valence-electron chi connectivity index (χ4n) is 6.52. The fourth-order valence-corrected chi connectivity index (χ4v) is 6.52. The average Bonchev–Trinajstić information content (AvgIpc) is 3.17. The lowest BCUT2D eigenvalue weighted by atomic mass is 10.0. The van der Waals surface area contributed by atoms with Crippen LogP contribution in [0.3, 0.4) is 0 Å². The predicted octanol–water partition coefficient (Wildman–Crippen LogP) is 9.81. The second kappa shape index (κ2) is 30.7. The SMILES string of the molecule is CCCCCCCCCCCCNC(=O)CC[C@H](NC(=O)CCNC(=O)c1ccc(-c2ccccc2)cc1)C(=O)NCCCCCCCCCCCC. The van der Waals surface area contributed by atoms with Gasteiger partial charge in [-0.05, 0) is 42.5 Å². The first kappa shape index (κ1) is 45.5. The second-order valence-corrected chi connectivity index (χ2v) is 14.6. The van der Waals surface area contributed by atoms with Crippen molar-refractivity contribution in [3.63, 3.8) is 0 Å². The Morgan fingerprint density at radius 2 is 0.943 bits per heavy atom. The van der Waals surface area contributed by atoms with Crippen LogP contribution in [0.1, 0.15) is 172 Å². The lowest BCUT2D eigenvalue weighted by Gasteiger charge is -2.19. The molecular weight excluding hydrogens is 661 g/mol. The standard InChI is InChI=1S/C45H72N4O4/c1-3-5-7-9-11-13-15-17-19-24-35-46-42(50)33-32-41(45(53)47-36-25-20-18-16-14-12-10-8-6-4-2)49-43(51)34-37-48-44(52)40-30-28-39(29-31-40)38-26-22-21-23-27-38/h21-23,26-31,41H,3-20,24-25,32-37H2,1-2H3,(H,46,50)(H,47,53)(H,48,52)(H,49,51)/t41-/m0/s1. The van der Waals surface area contributed by atoms with Gasteiger partial charge >= 0.3 is 0 Å². The topological polar surface area (TPSA) is 116 Å². The summed E-state index contributed by atoms with van der Waals surface area (Å²) in [7, 11) is 0. The molecule has 0 radical (unpaired) electrons. The molecule has 0 unspecified atom stereocenters. The molecule has 8 heteroatoms. The van der Waals surface area contributed by atoms with Crippen LogP contribution in [0.5, 0.6) is 0 Å². The van der Waals surface area contributed by atoms with E-state index in [0.29, 0.717) is 18.7 Å². The molecule has 0 aliphatic carbocycles. The summed E-state index contributed by atoms with van der Waals surface area (Å²) >= 11 is 0. The maximum atomic E-state index is 13.2. The lowest BCUT2D eigenvalue weighted by Crippen LogP contribution is -2.48. The number of unbranched alkanes of at least 4 members (excludes halogenated alkanes) is 18. The zero-order chi connectivity index (χ0) is 38.2. The Labute approximate surface area is 321 Å². The van der Waals surface area contributed by atoms with Gasteiger partial charge in [0.05, 0.1) is 0 Å². The Kier molecular flexibility index (Phi) is 26.4. The number of rotatable bonds is 32. The van der Waals surface area contributed by atoms with Crippen molar-refractivity contribution in [1.29, 1.82) is 0 Å². The van der Waals surface area contributed by atoms with E-state index in [4.69, 9.17) is 0 Å². The molecule has 2 aromatic carbocycles. The van der Waals surface area contributed by atoms with Gasteiger partial charge in [-0.2, -0.15) is 0 Å². The largest absolute Gasteiger partial charge is 0.356 e. The van der Waals surface area contributed by atoms with Gasteiger partial charge in [-0.25, -0.2) is 0 Å². The molecule has 53 heavy (non-hydrogen) atoms. The van der Waals surface area contributed by atoms with Gasteiger partial charge < -0.3 is 21.3 Å². The summed E-state index contributed by atoms with van der Waals surface area (Å²) in [6.07, 6.45) is 25.0. The van der Waals surface area contributed by atoms with Crippen LogP contribution in [-0.2, 0) is 14.4 Å². The predicted molar refractivity (Wildman–Crippen MR) is 220 cm³/mol. The van der Waals surface area contributed by atoms with E-state index in [1.165, 1.54) is 96.3 Å². The van der Waals surface area contributed by atoms with Crippen molar-refractivity contribution < 1.29 is 19.2 Å². The molecular formula is C45H72N4O4. The van der Waals surface area contributed by atoms with Gasteiger partial charge in [0.1, 0.15) is 6.04 Å². The Morgan fingerprint density at radius 1 is 0.472 bits per heavy atom. The first-order valence-electron chi connectivity index (χ1n) is 21.2. The molecule has 0 aliphatic heterocycles. The third kappa shape index (κ3) is 22.9. The number of carbonyl (C=O) groups excluding carboxylic acids is 4. The van der Waals surface area contributed by atoms with Gasteiger partial charge in [-0.1, -0.05) is 172 Å². The molecule has 0 fully saturated rings. The van der Waals surface area contributed by atoms with E-state index < -0.39 is 6.04 Å². The number of amides is 4. The average molecular weight is 733 g/mol. The molecule has 1 atom stereocenters. The molecule has 0 saturated heterocycles. The third-order valence-corrected chi connectivity index (χ3v) is 9.89. The Hall–Kier alpha value is -3.68. The summed E-state index contributed by atoms with van der Waals surface area (Å²) in [5.74, 6) is -0.968. The van der Waals surface area contributed by atoms with Crippen molar-refractivity contribution >= 4 is 23.6 Å². The summed E-state index contributed by atoms with van der Waals surface area (Å²) in [5.41, 5.74) is 2.61. The zero-order valence-corrected chi connectivity index (χ0v) is 33.3. The number of benzene rings is 2. The summed E-state index contributed by atoms with van der Waals surface area (Å²) in [6, 6.07) is 16.5. The van der Waals surface area contributed by atoms with Gasteiger partial charge in [0.15, 0.2) is 0 Å². The van der Waals surface area contributed by atoms with Crippen molar-refractivity contribution in [2.75, 3.05) is 19.6 Å². The van der Waals surface area contributed by atoms with Crippen LogP contribution in [0.15, 0.2) is 54.6 Å². The third-order valence-electron chi connectivity index (χ3n) is 9.89. The van der Waals surface area contributed by atoms with Crippen molar-refractivity contribution in [2.45, 2.75) is 168 Å². The molecule has 8 nitrogen and oxygen atoms in total. The monoisotopic (exact) mass is 733 g/mol. The van der Waals surface area contributed by atoms with Crippen molar-refractivity contribution in [3.8, 4) is 11.1 Å². The Bertz CT molecular complexity index is 1250. The smallest absolute Gasteiger partial charge is 0.251 e. The highest BCUT2D eigenvalue weighted by Crippen LogP contribution is 2.19. The van der Waals surface area contributed by atoms with Crippen molar-refractivity contribution in [1.82, 2.24) is 21.3 Å². The van der Waals surface area contributed by atoms with E-state index >= 15 is 0 Å². The lowest BCUT2D eigenvalue weighted by molar-refractivity contribution is -0.129. The number of nitrogens with one attached hydrogen (secondary N) is 4. The van der Waals surface area contributed by atoms with Crippen LogP contribution in [0.25, 0.3) is 11.1 Å². The van der Waals surface area contributed by atoms with Crippen LogP contribution < -0.4 is 21.3 Å². The minimum atomic E-state index is -0.810. The zero-order valence-electron chi connectivity index (χ0n) is 33.3. The van der Waals surface area contributed by atoms with Crippen molar-refractivity contribution in [3.05, 3.63) is 60.2 Å². The summed E-state index contributed by atoms with van der Waals surface area (Å²) in [6.45, 7) is 5.80. The van der Waals surface area contributed by atoms with E-state index in [9.17, 15) is 19.2 Å². The maximum Gasteiger partial charge on any atom is 0.251 e. The van der Waals surface area contributed by atoms with Crippen LogP contribution >= 0.6 is 0 Å². The molecule has 2 aromatic rings. The quantitative estimate of drug-likeness (QED) is 0.0561. The molecule has 0 saturated carbocycles. The molecule has 2 rings (SSSR count). The van der Waals surface area contributed by atoms with Crippen LogP contribution in [-0.4, -0.2) is 49.3 Å². The van der Waals surface area contributed by atoms with Crippen LogP contribution in [0.2, 0.25) is 0 Å². The Morgan fingerprint density at radius 3 is 1.47 bits per heavy atom. The highest BCUT2D eigenvalue weighted by Gasteiger charge is 2.21. The minimum absolute atomic E-state index is 0.0288. The van der Waals surface area contributed by atoms with Gasteiger partial charge in [0.2, 0.25) is 17.7 Å². The summed E-state index contributed by atoms with van der Waals surface area (Å²) in [5, 5.41) is 11.6. The van der Waals surface area contributed by atoms with Crippen LogP contribution in [0, 0.1) is 0 Å². The second-order valence-electron chi connectivity index (χ2n) is 14.6.